The largest absolute Gasteiger partial charge is 0.493 e. The molecule has 1 aromatic heterocycles. The van der Waals surface area contributed by atoms with Crippen LogP contribution in [0.5, 0.6) is 11.5 Å². The van der Waals surface area contributed by atoms with Crippen LogP contribution in [0.1, 0.15) is 16.9 Å². The minimum Gasteiger partial charge on any atom is -0.493 e. The van der Waals surface area contributed by atoms with E-state index in [0.29, 0.717) is 36.2 Å². The molecule has 1 heterocycles. The van der Waals surface area contributed by atoms with E-state index in [4.69, 9.17) is 25.5 Å². The second kappa shape index (κ2) is 9.12. The van der Waals surface area contributed by atoms with Gasteiger partial charge in [0.25, 0.3) is 0 Å². The van der Waals surface area contributed by atoms with Gasteiger partial charge < -0.3 is 19.2 Å². The molecule has 136 valence electrons. The van der Waals surface area contributed by atoms with E-state index in [-0.39, 0.29) is 0 Å². The number of furan rings is 1. The standard InChI is InChI=1S/C20H19BrClNO3/c1-24-19-9-15(11-23-12-16-6-4-8-25-16)17(21)10-20(19)26-13-14-5-2-3-7-18(14)22/h2-10,23H,11-13H2,1H3. The molecule has 0 aliphatic heterocycles. The third-order valence-corrected chi connectivity index (χ3v) is 4.98. The summed E-state index contributed by atoms with van der Waals surface area (Å²) < 4.78 is 17.7. The average Bonchev–Trinajstić information content (AvgIpc) is 3.16. The summed E-state index contributed by atoms with van der Waals surface area (Å²) in [6.07, 6.45) is 1.67. The number of methoxy groups -OCH3 is 1. The Morgan fingerprint density at radius 2 is 1.88 bits per heavy atom. The summed E-state index contributed by atoms with van der Waals surface area (Å²) in [5.41, 5.74) is 2.00. The summed E-state index contributed by atoms with van der Waals surface area (Å²) in [5, 5.41) is 4.03. The van der Waals surface area contributed by atoms with Crippen LogP contribution in [-0.2, 0) is 19.7 Å². The molecule has 2 aromatic carbocycles. The fraction of sp³-hybridized carbons (Fsp3) is 0.200. The van der Waals surface area contributed by atoms with E-state index in [0.717, 1.165) is 21.4 Å². The highest BCUT2D eigenvalue weighted by Crippen LogP contribution is 2.34. The maximum atomic E-state index is 6.18. The molecule has 0 spiro atoms. The predicted molar refractivity (Wildman–Crippen MR) is 106 cm³/mol. The van der Waals surface area contributed by atoms with Gasteiger partial charge in [0.05, 0.1) is 19.9 Å². The normalized spacial score (nSPS) is 10.7. The van der Waals surface area contributed by atoms with E-state index in [9.17, 15) is 0 Å². The third-order valence-electron chi connectivity index (χ3n) is 3.87. The lowest BCUT2D eigenvalue weighted by Crippen LogP contribution is -2.12. The molecule has 0 bridgehead atoms. The van der Waals surface area contributed by atoms with E-state index >= 15 is 0 Å². The van der Waals surface area contributed by atoms with E-state index in [2.05, 4.69) is 21.2 Å². The van der Waals surface area contributed by atoms with Crippen molar-refractivity contribution >= 4 is 27.5 Å². The first-order chi connectivity index (χ1) is 12.7. The van der Waals surface area contributed by atoms with E-state index in [1.165, 1.54) is 0 Å². The van der Waals surface area contributed by atoms with Crippen LogP contribution in [0.25, 0.3) is 0 Å². The quantitative estimate of drug-likeness (QED) is 0.501. The van der Waals surface area contributed by atoms with Gasteiger partial charge in [-0.25, -0.2) is 0 Å². The molecule has 3 rings (SSSR count). The van der Waals surface area contributed by atoms with Crippen LogP contribution in [0.4, 0.5) is 0 Å². The Morgan fingerprint density at radius 1 is 1.04 bits per heavy atom. The highest BCUT2D eigenvalue weighted by atomic mass is 79.9. The Balaban J connectivity index is 1.67. The molecule has 0 fully saturated rings. The molecule has 4 nitrogen and oxygen atoms in total. The molecule has 6 heteroatoms. The Hall–Kier alpha value is -1.95. The lowest BCUT2D eigenvalue weighted by Gasteiger charge is -2.15. The lowest BCUT2D eigenvalue weighted by molar-refractivity contribution is 0.284. The summed E-state index contributed by atoms with van der Waals surface area (Å²) in [5.74, 6) is 2.23. The van der Waals surface area contributed by atoms with Crippen LogP contribution >= 0.6 is 27.5 Å². The van der Waals surface area contributed by atoms with Gasteiger partial charge >= 0.3 is 0 Å². The van der Waals surface area contributed by atoms with Crippen LogP contribution in [0, 0.1) is 0 Å². The molecule has 0 aliphatic carbocycles. The molecule has 0 saturated heterocycles. The molecular formula is C20H19BrClNO3. The van der Waals surface area contributed by atoms with Gasteiger partial charge in [-0.05, 0) is 35.9 Å². The van der Waals surface area contributed by atoms with Crippen molar-refractivity contribution in [3.05, 3.63) is 81.2 Å². The smallest absolute Gasteiger partial charge is 0.162 e. The van der Waals surface area contributed by atoms with Crippen molar-refractivity contribution in [2.75, 3.05) is 7.11 Å². The number of halogens is 2. The van der Waals surface area contributed by atoms with Crippen LogP contribution in [0.15, 0.2) is 63.7 Å². The SMILES string of the molecule is COc1cc(CNCc2ccco2)c(Br)cc1OCc1ccccc1Cl. The van der Waals surface area contributed by atoms with Gasteiger partial charge in [0.15, 0.2) is 11.5 Å². The van der Waals surface area contributed by atoms with Crippen molar-refractivity contribution in [3.63, 3.8) is 0 Å². The van der Waals surface area contributed by atoms with E-state index in [1.54, 1.807) is 13.4 Å². The van der Waals surface area contributed by atoms with Crippen LogP contribution in [0.2, 0.25) is 5.02 Å². The zero-order chi connectivity index (χ0) is 18.4. The average molecular weight is 437 g/mol. The molecule has 0 aliphatic rings. The fourth-order valence-corrected chi connectivity index (χ4v) is 3.14. The van der Waals surface area contributed by atoms with E-state index < -0.39 is 0 Å². The summed E-state index contributed by atoms with van der Waals surface area (Å²) in [4.78, 5) is 0. The fourth-order valence-electron chi connectivity index (χ4n) is 2.49. The van der Waals surface area contributed by atoms with Gasteiger partial charge in [-0.3, -0.25) is 0 Å². The minimum atomic E-state index is 0.374. The van der Waals surface area contributed by atoms with Crippen molar-refractivity contribution in [2.45, 2.75) is 19.7 Å². The van der Waals surface area contributed by atoms with Gasteiger partial charge in [-0.2, -0.15) is 0 Å². The zero-order valence-electron chi connectivity index (χ0n) is 14.3. The molecule has 26 heavy (non-hydrogen) atoms. The van der Waals surface area contributed by atoms with Crippen molar-refractivity contribution in [2.24, 2.45) is 0 Å². The number of benzene rings is 2. The van der Waals surface area contributed by atoms with Crippen molar-refractivity contribution < 1.29 is 13.9 Å². The predicted octanol–water partition coefficient (Wildman–Crippen LogP) is 5.57. The van der Waals surface area contributed by atoms with Crippen LogP contribution in [0.3, 0.4) is 0 Å². The summed E-state index contributed by atoms with van der Waals surface area (Å²) in [7, 11) is 1.63. The second-order valence-electron chi connectivity index (χ2n) is 5.66. The molecule has 0 amide bonds. The Bertz CT molecular complexity index is 852. The van der Waals surface area contributed by atoms with Crippen molar-refractivity contribution in [1.82, 2.24) is 5.32 Å². The molecule has 1 N–H and O–H groups in total. The van der Waals surface area contributed by atoms with Gasteiger partial charge in [0, 0.05) is 21.6 Å². The Labute approximate surface area is 166 Å². The molecular weight excluding hydrogens is 418 g/mol. The number of hydrogen-bond acceptors (Lipinski definition) is 4. The number of nitrogens with one attached hydrogen (secondary N) is 1. The van der Waals surface area contributed by atoms with Gasteiger partial charge in [-0.1, -0.05) is 45.7 Å². The van der Waals surface area contributed by atoms with Crippen molar-refractivity contribution in [3.8, 4) is 11.5 Å². The van der Waals surface area contributed by atoms with E-state index in [1.807, 2.05) is 48.5 Å². The lowest BCUT2D eigenvalue weighted by atomic mass is 10.2. The summed E-state index contributed by atoms with van der Waals surface area (Å²) in [6, 6.07) is 15.3. The molecule has 0 unspecified atom stereocenters. The topological polar surface area (TPSA) is 43.6 Å². The maximum Gasteiger partial charge on any atom is 0.162 e. The molecule has 0 atom stereocenters. The first-order valence-electron chi connectivity index (χ1n) is 8.13. The molecule has 0 radical (unpaired) electrons. The minimum absolute atomic E-state index is 0.374. The number of rotatable bonds is 8. The first kappa shape index (κ1) is 18.8. The maximum absolute atomic E-state index is 6.18. The molecule has 0 saturated carbocycles. The highest BCUT2D eigenvalue weighted by molar-refractivity contribution is 9.10. The van der Waals surface area contributed by atoms with Crippen molar-refractivity contribution in [1.29, 1.82) is 0 Å². The monoisotopic (exact) mass is 435 g/mol. The second-order valence-corrected chi connectivity index (χ2v) is 6.92. The highest BCUT2D eigenvalue weighted by Gasteiger charge is 2.11. The van der Waals surface area contributed by atoms with Crippen LogP contribution in [-0.4, -0.2) is 7.11 Å². The van der Waals surface area contributed by atoms with Gasteiger partial charge in [0.2, 0.25) is 0 Å². The summed E-state index contributed by atoms with van der Waals surface area (Å²) >= 11 is 9.79. The number of ether oxygens (including phenoxy) is 2. The molecule has 3 aromatic rings. The Morgan fingerprint density at radius 3 is 2.62 bits per heavy atom. The van der Waals surface area contributed by atoms with Gasteiger partial charge in [0.1, 0.15) is 12.4 Å². The van der Waals surface area contributed by atoms with Crippen LogP contribution < -0.4 is 14.8 Å². The summed E-state index contributed by atoms with van der Waals surface area (Å²) in [6.45, 7) is 1.70. The Kier molecular flexibility index (Phi) is 6.61. The zero-order valence-corrected chi connectivity index (χ0v) is 16.6. The first-order valence-corrected chi connectivity index (χ1v) is 9.30. The van der Waals surface area contributed by atoms with Gasteiger partial charge in [-0.15, -0.1) is 0 Å². The third kappa shape index (κ3) is 4.81. The number of hydrogen-bond donors (Lipinski definition) is 1.